The van der Waals surface area contributed by atoms with Crippen molar-refractivity contribution in [1.29, 1.82) is 0 Å². The van der Waals surface area contributed by atoms with Crippen LogP contribution < -0.4 is 0 Å². The van der Waals surface area contributed by atoms with E-state index >= 15 is 0 Å². The minimum atomic E-state index is -5.03. The number of hydrogen-bond donors (Lipinski definition) is 6. The molecular formula is C59H113O12P. The van der Waals surface area contributed by atoms with Gasteiger partial charge in [-0.2, -0.15) is 0 Å². The van der Waals surface area contributed by atoms with Crippen molar-refractivity contribution in [1.82, 2.24) is 0 Å². The lowest BCUT2D eigenvalue weighted by atomic mass is 9.85. The number of phosphoric acid groups is 1. The number of phosphoric ester groups is 1. The Morgan fingerprint density at radius 3 is 1.17 bits per heavy atom. The van der Waals surface area contributed by atoms with Gasteiger partial charge in [0.05, 0.1) is 13.2 Å². The second-order valence-corrected chi connectivity index (χ2v) is 22.6. The number of rotatable bonds is 53. The largest absolute Gasteiger partial charge is 0.472 e. The highest BCUT2D eigenvalue weighted by Crippen LogP contribution is 2.47. The Balaban J connectivity index is 2.25. The third-order valence-corrected chi connectivity index (χ3v) is 15.3. The summed E-state index contributed by atoms with van der Waals surface area (Å²) in [5.41, 5.74) is 0. The van der Waals surface area contributed by atoms with Crippen molar-refractivity contribution in [2.45, 2.75) is 326 Å². The standard InChI is InChI=1S/C59H113O12P/c1-3-5-7-9-11-13-15-17-19-21-23-25-27-28-30-32-34-36-38-40-42-44-46-48-53(60)70-52(51-69-72(66,67)71-59-57(64)55(62)54(61)56(63)58(59)65)50-68-49-47-45-43-41-39-37-35-33-31-29-26-24-22-20-18-16-14-12-10-8-6-4-2/h15,17,21,23,52,54-59,61-65H,3-14,16,18-20,22,24-51H2,1-2H3,(H,66,67)/b17-15-,23-21-. The quantitative estimate of drug-likeness (QED) is 0.0146. The number of esters is 1. The number of unbranched alkanes of at least 4 members (excludes halogenated alkanes) is 37. The van der Waals surface area contributed by atoms with Gasteiger partial charge in [0.25, 0.3) is 0 Å². The Kier molecular flexibility index (Phi) is 47.2. The van der Waals surface area contributed by atoms with Gasteiger partial charge in [-0.05, 0) is 44.9 Å². The number of aliphatic hydroxyl groups excluding tert-OH is 5. The highest BCUT2D eigenvalue weighted by atomic mass is 31.2. The second kappa shape index (κ2) is 49.4. The van der Waals surface area contributed by atoms with Crippen molar-refractivity contribution in [2.75, 3.05) is 19.8 Å². The Hall–Kier alpha value is -1.18. The van der Waals surface area contributed by atoms with Crippen molar-refractivity contribution in [2.24, 2.45) is 0 Å². The van der Waals surface area contributed by atoms with Gasteiger partial charge in [-0.1, -0.05) is 256 Å². The number of carbonyl (C=O) groups is 1. The molecule has 1 rings (SSSR count). The average molecular weight is 1050 g/mol. The fourth-order valence-corrected chi connectivity index (χ4v) is 10.5. The lowest BCUT2D eigenvalue weighted by Gasteiger charge is -2.41. The molecule has 1 aliphatic rings. The number of aliphatic hydroxyl groups is 5. The molecule has 0 aliphatic heterocycles. The number of carbonyl (C=O) groups excluding carboxylic acids is 1. The molecular weight excluding hydrogens is 932 g/mol. The Morgan fingerprint density at radius 1 is 0.444 bits per heavy atom. The van der Waals surface area contributed by atoms with Crippen molar-refractivity contribution in [3.05, 3.63) is 24.3 Å². The highest BCUT2D eigenvalue weighted by Gasteiger charge is 2.51. The van der Waals surface area contributed by atoms with E-state index in [1.54, 1.807) is 0 Å². The van der Waals surface area contributed by atoms with Crippen molar-refractivity contribution < 1.29 is 58.3 Å². The molecule has 1 saturated carbocycles. The van der Waals surface area contributed by atoms with Gasteiger partial charge in [0, 0.05) is 13.0 Å². The maximum absolute atomic E-state index is 12.9. The van der Waals surface area contributed by atoms with E-state index in [0.29, 0.717) is 13.0 Å². The van der Waals surface area contributed by atoms with Crippen LogP contribution in [0.3, 0.4) is 0 Å². The molecule has 6 unspecified atom stereocenters. The first kappa shape index (κ1) is 68.8. The number of allylic oxidation sites excluding steroid dienone is 4. The molecule has 0 bridgehead atoms. The normalized spacial score (nSPS) is 20.7. The van der Waals surface area contributed by atoms with Crippen LogP contribution in [0.4, 0.5) is 0 Å². The van der Waals surface area contributed by atoms with E-state index in [0.717, 1.165) is 44.9 Å². The van der Waals surface area contributed by atoms with Gasteiger partial charge in [0.2, 0.25) is 0 Å². The molecule has 426 valence electrons. The maximum Gasteiger partial charge on any atom is 0.472 e. The summed E-state index contributed by atoms with van der Waals surface area (Å²) in [5, 5.41) is 50.5. The zero-order chi connectivity index (χ0) is 52.6. The molecule has 0 amide bonds. The second-order valence-electron chi connectivity index (χ2n) is 21.2. The molecule has 0 aromatic heterocycles. The molecule has 6 N–H and O–H groups in total. The smallest absolute Gasteiger partial charge is 0.457 e. The molecule has 0 aromatic rings. The van der Waals surface area contributed by atoms with Crippen molar-refractivity contribution in [3.63, 3.8) is 0 Å². The van der Waals surface area contributed by atoms with Crippen LogP contribution in [0.5, 0.6) is 0 Å². The predicted molar refractivity (Wildman–Crippen MR) is 295 cm³/mol. The van der Waals surface area contributed by atoms with Crippen molar-refractivity contribution in [3.8, 4) is 0 Å². The third kappa shape index (κ3) is 40.1. The van der Waals surface area contributed by atoms with Gasteiger partial charge < -0.3 is 39.9 Å². The lowest BCUT2D eigenvalue weighted by Crippen LogP contribution is -2.64. The van der Waals surface area contributed by atoms with Crippen LogP contribution in [0, 0.1) is 0 Å². The Morgan fingerprint density at radius 2 is 0.778 bits per heavy atom. The monoisotopic (exact) mass is 1040 g/mol. The third-order valence-electron chi connectivity index (χ3n) is 14.3. The van der Waals surface area contributed by atoms with E-state index in [1.807, 2.05) is 0 Å². The van der Waals surface area contributed by atoms with E-state index in [9.17, 15) is 39.8 Å². The van der Waals surface area contributed by atoms with Gasteiger partial charge in [0.1, 0.15) is 42.7 Å². The van der Waals surface area contributed by atoms with Crippen molar-refractivity contribution >= 4 is 13.8 Å². The first-order valence-electron chi connectivity index (χ1n) is 30.2. The van der Waals surface area contributed by atoms with E-state index in [2.05, 4.69) is 38.2 Å². The van der Waals surface area contributed by atoms with E-state index < -0.39 is 63.1 Å². The minimum absolute atomic E-state index is 0.0719. The summed E-state index contributed by atoms with van der Waals surface area (Å²) in [4.78, 5) is 23.3. The Labute approximate surface area is 440 Å². The Bertz CT molecular complexity index is 1280. The molecule has 72 heavy (non-hydrogen) atoms. The van der Waals surface area contributed by atoms with Crippen LogP contribution in [0.1, 0.15) is 284 Å². The molecule has 1 aliphatic carbocycles. The van der Waals surface area contributed by atoms with Gasteiger partial charge in [-0.15, -0.1) is 0 Å². The minimum Gasteiger partial charge on any atom is -0.457 e. The summed E-state index contributed by atoms with van der Waals surface area (Å²) in [5.74, 6) is -0.473. The predicted octanol–water partition coefficient (Wildman–Crippen LogP) is 14.8. The first-order valence-corrected chi connectivity index (χ1v) is 31.7. The molecule has 1 fully saturated rings. The average Bonchev–Trinajstić information content (AvgIpc) is 3.37. The van der Waals surface area contributed by atoms with E-state index in [1.165, 1.54) is 212 Å². The summed E-state index contributed by atoms with van der Waals surface area (Å²) in [6.07, 6.45) is 48.2. The summed E-state index contributed by atoms with van der Waals surface area (Å²) < 4.78 is 34.5. The molecule has 0 saturated heterocycles. The fourth-order valence-electron chi connectivity index (χ4n) is 9.57. The van der Waals surface area contributed by atoms with Crippen LogP contribution in [0.25, 0.3) is 0 Å². The van der Waals surface area contributed by atoms with Crippen LogP contribution >= 0.6 is 7.82 Å². The number of hydrogen-bond acceptors (Lipinski definition) is 11. The molecule has 0 spiro atoms. The van der Waals surface area contributed by atoms with Gasteiger partial charge in [-0.3, -0.25) is 13.8 Å². The first-order chi connectivity index (χ1) is 35.0. The zero-order valence-corrected chi connectivity index (χ0v) is 47.1. The van der Waals surface area contributed by atoms with Crippen LogP contribution in [-0.4, -0.2) is 98.9 Å². The fraction of sp³-hybridized carbons (Fsp3) is 0.915. The molecule has 0 heterocycles. The summed E-state index contributed by atoms with van der Waals surface area (Å²) >= 11 is 0. The molecule has 0 aromatic carbocycles. The molecule has 6 atom stereocenters. The molecule has 12 nitrogen and oxygen atoms in total. The summed E-state index contributed by atoms with van der Waals surface area (Å²) in [7, 11) is -5.03. The van der Waals surface area contributed by atoms with Gasteiger partial charge in [-0.25, -0.2) is 4.57 Å². The molecule has 0 radical (unpaired) electrons. The highest BCUT2D eigenvalue weighted by molar-refractivity contribution is 7.47. The van der Waals surface area contributed by atoms with Crippen LogP contribution in [-0.2, 0) is 27.9 Å². The molecule has 13 heteroatoms. The summed E-state index contributed by atoms with van der Waals surface area (Å²) in [6.45, 7) is 4.32. The summed E-state index contributed by atoms with van der Waals surface area (Å²) in [6, 6.07) is 0. The van der Waals surface area contributed by atoms with Crippen LogP contribution in [0.2, 0.25) is 0 Å². The number of ether oxygens (including phenoxy) is 2. The van der Waals surface area contributed by atoms with Gasteiger partial charge >= 0.3 is 13.8 Å². The van der Waals surface area contributed by atoms with Gasteiger partial charge in [0.15, 0.2) is 0 Å². The van der Waals surface area contributed by atoms with Crippen LogP contribution in [0.15, 0.2) is 24.3 Å². The topological polar surface area (TPSA) is 192 Å². The zero-order valence-electron chi connectivity index (χ0n) is 46.3. The lowest BCUT2D eigenvalue weighted by molar-refractivity contribution is -0.220. The van der Waals surface area contributed by atoms with E-state index in [4.69, 9.17) is 18.5 Å². The maximum atomic E-state index is 12.9. The SMILES string of the molecule is CCCCCCC/C=C\C/C=C\CCCCCCCCCCCCCC(=O)OC(COCCCCCCCCCCCCCCCCCCCCCCCC)COP(=O)(O)OC1C(O)C(O)C(O)C(O)C1O. The van der Waals surface area contributed by atoms with E-state index in [-0.39, 0.29) is 13.0 Å².